The van der Waals surface area contributed by atoms with E-state index in [1.807, 2.05) is 59.5 Å². The quantitative estimate of drug-likeness (QED) is 0.172. The molecule has 0 radical (unpaired) electrons. The lowest BCUT2D eigenvalue weighted by atomic mass is 10.0. The molecular weight excluding hydrogens is 532 g/mol. The molecule has 2 atom stereocenters. The summed E-state index contributed by atoms with van der Waals surface area (Å²) in [6.45, 7) is 0. The second-order valence-electron chi connectivity index (χ2n) is 7.82. The van der Waals surface area contributed by atoms with Gasteiger partial charge < -0.3 is 19.4 Å². The number of aromatic nitrogens is 1. The number of nitro benzene ring substituents is 1. The molecule has 0 spiro atoms. The molecule has 3 heterocycles. The Balaban J connectivity index is 1.59. The number of pyridine rings is 1. The van der Waals surface area contributed by atoms with E-state index in [1.54, 1.807) is 12.3 Å². The number of benzene rings is 2. The molecule has 10 heteroatoms. The first-order chi connectivity index (χ1) is 17.0. The van der Waals surface area contributed by atoms with Crippen LogP contribution >= 0.6 is 28.1 Å². The molecule has 35 heavy (non-hydrogen) atoms. The van der Waals surface area contributed by atoms with Gasteiger partial charge in [-0.1, -0.05) is 22.0 Å². The number of hydrogen-bond donors (Lipinski definition) is 1. The van der Waals surface area contributed by atoms with E-state index in [9.17, 15) is 10.1 Å². The Bertz CT molecular complexity index is 1390. The minimum absolute atomic E-state index is 0.0562. The number of hydrogen-bond acceptors (Lipinski definition) is 6. The van der Waals surface area contributed by atoms with Gasteiger partial charge in [-0.15, -0.1) is 0 Å². The van der Waals surface area contributed by atoms with Gasteiger partial charge in [-0.3, -0.25) is 15.1 Å². The summed E-state index contributed by atoms with van der Waals surface area (Å²) in [5.41, 5.74) is 2.28. The molecule has 2 aromatic carbocycles. The van der Waals surface area contributed by atoms with E-state index in [-0.39, 0.29) is 17.8 Å². The van der Waals surface area contributed by atoms with Gasteiger partial charge in [0.15, 0.2) is 5.11 Å². The van der Waals surface area contributed by atoms with Crippen LogP contribution in [0, 0.1) is 10.1 Å². The molecule has 8 nitrogen and oxygen atoms in total. The molecule has 1 N–H and O–H groups in total. The summed E-state index contributed by atoms with van der Waals surface area (Å²) in [6.07, 6.45) is 1.74. The predicted octanol–water partition coefficient (Wildman–Crippen LogP) is 6.20. The number of nitrogens with zero attached hydrogens (tertiary/aromatic N) is 3. The number of rotatable bonds is 6. The lowest BCUT2D eigenvalue weighted by molar-refractivity contribution is -0.384. The van der Waals surface area contributed by atoms with E-state index in [0.717, 1.165) is 15.9 Å². The summed E-state index contributed by atoms with van der Waals surface area (Å²) in [5, 5.41) is 15.1. The van der Waals surface area contributed by atoms with Gasteiger partial charge in [0.05, 0.1) is 35.4 Å². The Morgan fingerprint density at radius 3 is 2.63 bits per heavy atom. The normalized spacial score (nSPS) is 17.3. The van der Waals surface area contributed by atoms with Crippen molar-refractivity contribution in [2.24, 2.45) is 0 Å². The maximum absolute atomic E-state index is 11.2. The third-order valence-electron chi connectivity index (χ3n) is 5.78. The van der Waals surface area contributed by atoms with Crippen LogP contribution in [0.1, 0.15) is 23.5 Å². The maximum Gasteiger partial charge on any atom is 0.273 e. The predicted molar refractivity (Wildman–Crippen MR) is 139 cm³/mol. The molecule has 1 aliphatic heterocycles. The molecule has 1 fully saturated rings. The highest BCUT2D eigenvalue weighted by atomic mass is 79.9. The average Bonchev–Trinajstić information content (AvgIpc) is 3.49. The fourth-order valence-electron chi connectivity index (χ4n) is 4.18. The largest absolute Gasteiger partial charge is 0.496 e. The first-order valence-corrected chi connectivity index (χ1v) is 11.8. The highest BCUT2D eigenvalue weighted by molar-refractivity contribution is 9.10. The average molecular weight is 551 g/mol. The zero-order chi connectivity index (χ0) is 24.5. The van der Waals surface area contributed by atoms with Crippen molar-refractivity contribution in [1.29, 1.82) is 0 Å². The minimum atomic E-state index is -0.460. The molecule has 176 valence electrons. The van der Waals surface area contributed by atoms with E-state index in [1.165, 1.54) is 19.2 Å². The third kappa shape index (κ3) is 4.38. The van der Waals surface area contributed by atoms with Crippen LogP contribution < -0.4 is 15.0 Å². The number of anilines is 1. The second-order valence-corrected chi connectivity index (χ2v) is 9.12. The second kappa shape index (κ2) is 9.47. The third-order valence-corrected chi connectivity index (χ3v) is 6.63. The number of nitrogens with one attached hydrogen (secondary N) is 1. The van der Waals surface area contributed by atoms with Gasteiger partial charge >= 0.3 is 0 Å². The molecule has 1 saturated heterocycles. The smallest absolute Gasteiger partial charge is 0.273 e. The van der Waals surface area contributed by atoms with E-state index < -0.39 is 4.92 Å². The SMILES string of the molecule is COc1cc([N+](=O)[O-])ccc1-c1ccc([C@H]2[C@@H](c3ccccn3)NC(=S)N2c2ccc(Br)cc2)o1. The first kappa shape index (κ1) is 23.0. The van der Waals surface area contributed by atoms with Gasteiger partial charge in [0.25, 0.3) is 5.69 Å². The van der Waals surface area contributed by atoms with Crippen molar-refractivity contribution in [3.05, 3.63) is 105 Å². The standard InChI is InChI=1S/C25H19BrN4O4S/c1-33-22-14-17(30(31)32)9-10-18(22)20-11-12-21(34-20)24-23(19-4-2-3-13-27-19)28-25(35)29(24)16-7-5-15(26)6-8-16/h2-14,23-24H,1H3,(H,28,35)/t23-,24+/m1/s1. The highest BCUT2D eigenvalue weighted by Gasteiger charge is 2.42. The van der Waals surface area contributed by atoms with Crippen molar-refractivity contribution in [2.75, 3.05) is 12.0 Å². The highest BCUT2D eigenvalue weighted by Crippen LogP contribution is 2.44. The molecule has 0 aliphatic carbocycles. The molecule has 0 unspecified atom stereocenters. The molecule has 1 aliphatic rings. The van der Waals surface area contributed by atoms with Crippen molar-refractivity contribution in [3.8, 4) is 17.1 Å². The summed E-state index contributed by atoms with van der Waals surface area (Å²) >= 11 is 9.22. The fraction of sp³-hybridized carbons (Fsp3) is 0.120. The molecule has 5 rings (SSSR count). The lowest BCUT2D eigenvalue weighted by Crippen LogP contribution is -2.29. The van der Waals surface area contributed by atoms with E-state index >= 15 is 0 Å². The zero-order valence-electron chi connectivity index (χ0n) is 18.4. The van der Waals surface area contributed by atoms with E-state index in [0.29, 0.717) is 27.9 Å². The van der Waals surface area contributed by atoms with E-state index in [2.05, 4.69) is 26.2 Å². The van der Waals surface area contributed by atoms with Crippen LogP contribution in [0.3, 0.4) is 0 Å². The van der Waals surface area contributed by atoms with Gasteiger partial charge in [0.2, 0.25) is 0 Å². The molecule has 2 aromatic heterocycles. The Labute approximate surface area is 214 Å². The summed E-state index contributed by atoms with van der Waals surface area (Å²) in [5.74, 6) is 1.54. The topological polar surface area (TPSA) is 93.7 Å². The number of thiocarbonyl (C=S) groups is 1. The Morgan fingerprint density at radius 2 is 1.94 bits per heavy atom. The van der Waals surface area contributed by atoms with Crippen LogP contribution in [-0.2, 0) is 0 Å². The summed E-state index contributed by atoms with van der Waals surface area (Å²) in [6, 6.07) is 21.2. The number of methoxy groups -OCH3 is 1. The van der Waals surface area contributed by atoms with Gasteiger partial charge in [0, 0.05) is 22.4 Å². The van der Waals surface area contributed by atoms with Gasteiger partial charge in [0.1, 0.15) is 23.3 Å². The van der Waals surface area contributed by atoms with Crippen LogP contribution in [0.25, 0.3) is 11.3 Å². The molecule has 0 bridgehead atoms. The van der Waals surface area contributed by atoms with Gasteiger partial charge in [-0.2, -0.15) is 0 Å². The summed E-state index contributed by atoms with van der Waals surface area (Å²) in [7, 11) is 1.47. The zero-order valence-corrected chi connectivity index (χ0v) is 20.8. The molecular formula is C25H19BrN4O4S. The Kier molecular flexibility index (Phi) is 6.23. The number of furan rings is 1. The van der Waals surface area contributed by atoms with Crippen molar-refractivity contribution in [2.45, 2.75) is 12.1 Å². The van der Waals surface area contributed by atoms with Crippen molar-refractivity contribution >= 4 is 44.6 Å². The lowest BCUT2D eigenvalue weighted by Gasteiger charge is -2.26. The molecule has 0 saturated carbocycles. The van der Waals surface area contributed by atoms with Crippen LogP contribution in [-0.4, -0.2) is 22.1 Å². The fourth-order valence-corrected chi connectivity index (χ4v) is 4.79. The van der Waals surface area contributed by atoms with Crippen molar-refractivity contribution in [1.82, 2.24) is 10.3 Å². The molecule has 4 aromatic rings. The number of ether oxygens (including phenoxy) is 1. The van der Waals surface area contributed by atoms with Crippen LogP contribution in [0.4, 0.5) is 11.4 Å². The summed E-state index contributed by atoms with van der Waals surface area (Å²) in [4.78, 5) is 17.3. The molecule has 0 amide bonds. The van der Waals surface area contributed by atoms with Crippen LogP contribution in [0.15, 0.2) is 87.9 Å². The van der Waals surface area contributed by atoms with Gasteiger partial charge in [-0.25, -0.2) is 0 Å². The number of non-ortho nitro benzene ring substituents is 1. The summed E-state index contributed by atoms with van der Waals surface area (Å²) < 4.78 is 12.7. The Morgan fingerprint density at radius 1 is 1.14 bits per heavy atom. The Hall–Kier alpha value is -3.76. The van der Waals surface area contributed by atoms with Crippen molar-refractivity contribution in [3.63, 3.8) is 0 Å². The first-order valence-electron chi connectivity index (χ1n) is 10.6. The monoisotopic (exact) mass is 550 g/mol. The number of nitro groups is 1. The van der Waals surface area contributed by atoms with Crippen molar-refractivity contribution < 1.29 is 14.1 Å². The van der Waals surface area contributed by atoms with Crippen LogP contribution in [0.2, 0.25) is 0 Å². The number of halogens is 1. The minimum Gasteiger partial charge on any atom is -0.496 e. The van der Waals surface area contributed by atoms with Crippen LogP contribution in [0.5, 0.6) is 5.75 Å². The maximum atomic E-state index is 11.2. The van der Waals surface area contributed by atoms with E-state index in [4.69, 9.17) is 21.4 Å². The van der Waals surface area contributed by atoms with Gasteiger partial charge in [-0.05, 0) is 66.8 Å².